The molecule has 2 N–H and O–H groups in total. The Balaban J connectivity index is 1.29. The van der Waals surface area contributed by atoms with E-state index in [0.29, 0.717) is 5.11 Å². The van der Waals surface area contributed by atoms with Gasteiger partial charge in [0.1, 0.15) is 0 Å². The Morgan fingerprint density at radius 3 is 2.13 bits per heavy atom. The smallest absolute Gasteiger partial charge is 0.253 e. The van der Waals surface area contributed by atoms with E-state index in [4.69, 9.17) is 12.2 Å². The zero-order valence-electron chi connectivity index (χ0n) is 18.3. The van der Waals surface area contributed by atoms with E-state index in [1.54, 1.807) is 0 Å². The van der Waals surface area contributed by atoms with Crippen molar-refractivity contribution < 1.29 is 4.79 Å². The van der Waals surface area contributed by atoms with Crippen molar-refractivity contribution in [2.24, 2.45) is 0 Å². The SMILES string of the molecule is CC(NC(=S)Nc1ccc(C(=O)N2CCCCC2)cc1)c1ccc(N2CCCC2)cc1. The number of benzene rings is 2. The Kier molecular flexibility index (Phi) is 7.07. The van der Waals surface area contributed by atoms with Gasteiger partial charge in [-0.05, 0) is 93.2 Å². The fourth-order valence-electron chi connectivity index (χ4n) is 4.37. The van der Waals surface area contributed by atoms with Gasteiger partial charge in [0.05, 0.1) is 6.04 Å². The molecule has 164 valence electrons. The molecule has 2 aromatic rings. The molecule has 1 amide bonds. The molecule has 1 unspecified atom stereocenters. The molecule has 0 radical (unpaired) electrons. The number of thiocarbonyl (C=S) groups is 1. The molecule has 0 aliphatic carbocycles. The van der Waals surface area contributed by atoms with Gasteiger partial charge in [0, 0.05) is 43.1 Å². The first-order valence-corrected chi connectivity index (χ1v) is 11.8. The first-order chi connectivity index (χ1) is 15.1. The highest BCUT2D eigenvalue weighted by atomic mass is 32.1. The van der Waals surface area contributed by atoms with E-state index in [9.17, 15) is 4.79 Å². The number of likely N-dealkylation sites (tertiary alicyclic amines) is 1. The summed E-state index contributed by atoms with van der Waals surface area (Å²) in [6, 6.07) is 16.4. The highest BCUT2D eigenvalue weighted by molar-refractivity contribution is 7.80. The third-order valence-electron chi connectivity index (χ3n) is 6.24. The van der Waals surface area contributed by atoms with Crippen molar-refractivity contribution in [1.82, 2.24) is 10.2 Å². The van der Waals surface area contributed by atoms with Crippen molar-refractivity contribution in [3.05, 3.63) is 59.7 Å². The van der Waals surface area contributed by atoms with Crippen molar-refractivity contribution in [3.63, 3.8) is 0 Å². The van der Waals surface area contributed by atoms with Gasteiger partial charge in [-0.1, -0.05) is 12.1 Å². The third kappa shape index (κ3) is 5.56. The monoisotopic (exact) mass is 436 g/mol. The van der Waals surface area contributed by atoms with Crippen LogP contribution in [0, 0.1) is 0 Å². The van der Waals surface area contributed by atoms with E-state index in [0.717, 1.165) is 50.3 Å². The number of nitrogens with zero attached hydrogens (tertiary/aromatic N) is 2. The molecular weight excluding hydrogens is 404 g/mol. The Hall–Kier alpha value is -2.60. The lowest BCUT2D eigenvalue weighted by molar-refractivity contribution is 0.0724. The molecule has 2 aliphatic heterocycles. The minimum atomic E-state index is 0.104. The summed E-state index contributed by atoms with van der Waals surface area (Å²) < 4.78 is 0. The van der Waals surface area contributed by atoms with Crippen LogP contribution < -0.4 is 15.5 Å². The predicted molar refractivity (Wildman–Crippen MR) is 132 cm³/mol. The van der Waals surface area contributed by atoms with Gasteiger partial charge in [-0.15, -0.1) is 0 Å². The zero-order valence-corrected chi connectivity index (χ0v) is 19.1. The number of rotatable bonds is 5. The molecule has 0 saturated carbocycles. The molecule has 2 saturated heterocycles. The van der Waals surface area contributed by atoms with Crippen LogP contribution in [-0.2, 0) is 0 Å². The normalized spacial score (nSPS) is 17.3. The lowest BCUT2D eigenvalue weighted by Gasteiger charge is -2.26. The first kappa shape index (κ1) is 21.6. The van der Waals surface area contributed by atoms with Gasteiger partial charge in [0.25, 0.3) is 5.91 Å². The van der Waals surface area contributed by atoms with E-state index in [1.807, 2.05) is 29.2 Å². The standard InChI is InChI=1S/C25H32N4OS/c1-19(20-9-13-23(14-10-20)28-15-5-6-16-28)26-25(31)27-22-11-7-21(8-12-22)24(30)29-17-3-2-4-18-29/h7-14,19H,2-6,15-18H2,1H3,(H2,26,27,31). The van der Waals surface area contributed by atoms with Crippen LogP contribution in [0.1, 0.15) is 61.0 Å². The maximum absolute atomic E-state index is 12.6. The lowest BCUT2D eigenvalue weighted by atomic mass is 10.1. The second kappa shape index (κ2) is 10.1. The topological polar surface area (TPSA) is 47.6 Å². The summed E-state index contributed by atoms with van der Waals surface area (Å²) in [5.74, 6) is 0.123. The van der Waals surface area contributed by atoms with Crippen molar-refractivity contribution >= 4 is 34.6 Å². The number of amides is 1. The number of hydrogen-bond acceptors (Lipinski definition) is 3. The van der Waals surface area contributed by atoms with Gasteiger partial charge in [0.2, 0.25) is 0 Å². The Labute approximate surface area is 190 Å². The molecule has 2 aromatic carbocycles. The highest BCUT2D eigenvalue weighted by Gasteiger charge is 2.18. The minimum Gasteiger partial charge on any atom is -0.372 e. The average molecular weight is 437 g/mol. The summed E-state index contributed by atoms with van der Waals surface area (Å²) in [5.41, 5.74) is 4.12. The summed E-state index contributed by atoms with van der Waals surface area (Å²) in [7, 11) is 0. The van der Waals surface area contributed by atoms with E-state index in [1.165, 1.54) is 30.5 Å². The minimum absolute atomic E-state index is 0.104. The zero-order chi connectivity index (χ0) is 21.6. The highest BCUT2D eigenvalue weighted by Crippen LogP contribution is 2.23. The van der Waals surface area contributed by atoms with Crippen molar-refractivity contribution in [2.75, 3.05) is 36.4 Å². The van der Waals surface area contributed by atoms with Crippen LogP contribution >= 0.6 is 12.2 Å². The van der Waals surface area contributed by atoms with E-state index < -0.39 is 0 Å². The lowest BCUT2D eigenvalue weighted by Crippen LogP contribution is -2.35. The molecule has 2 fully saturated rings. The molecule has 0 spiro atoms. The number of anilines is 2. The number of hydrogen-bond donors (Lipinski definition) is 2. The second-order valence-electron chi connectivity index (χ2n) is 8.54. The molecule has 0 aromatic heterocycles. The fraction of sp³-hybridized carbons (Fsp3) is 0.440. The van der Waals surface area contributed by atoms with Gasteiger partial charge in [-0.3, -0.25) is 4.79 Å². The van der Waals surface area contributed by atoms with Crippen LogP contribution in [0.2, 0.25) is 0 Å². The number of piperidine rings is 1. The molecule has 0 bridgehead atoms. The molecule has 31 heavy (non-hydrogen) atoms. The van der Waals surface area contributed by atoms with E-state index in [2.05, 4.69) is 46.7 Å². The summed E-state index contributed by atoms with van der Waals surface area (Å²) in [5, 5.41) is 7.16. The van der Waals surface area contributed by atoms with E-state index >= 15 is 0 Å². The maximum Gasteiger partial charge on any atom is 0.253 e. The fourth-order valence-corrected chi connectivity index (χ4v) is 4.67. The van der Waals surface area contributed by atoms with Crippen LogP contribution in [0.15, 0.2) is 48.5 Å². The number of carbonyl (C=O) groups is 1. The molecule has 5 nitrogen and oxygen atoms in total. The first-order valence-electron chi connectivity index (χ1n) is 11.4. The van der Waals surface area contributed by atoms with Gasteiger partial charge in [0.15, 0.2) is 5.11 Å². The van der Waals surface area contributed by atoms with Crippen molar-refractivity contribution in [2.45, 2.75) is 45.1 Å². The van der Waals surface area contributed by atoms with Crippen LogP contribution in [0.3, 0.4) is 0 Å². The molecule has 4 rings (SSSR count). The summed E-state index contributed by atoms with van der Waals surface area (Å²) in [6.45, 7) is 6.15. The Morgan fingerprint density at radius 1 is 0.871 bits per heavy atom. The van der Waals surface area contributed by atoms with Gasteiger partial charge in [-0.25, -0.2) is 0 Å². The van der Waals surface area contributed by atoms with E-state index in [-0.39, 0.29) is 11.9 Å². The van der Waals surface area contributed by atoms with Crippen LogP contribution in [0.25, 0.3) is 0 Å². The molecule has 2 aliphatic rings. The molecule has 1 atom stereocenters. The predicted octanol–water partition coefficient (Wildman–Crippen LogP) is 4.96. The largest absolute Gasteiger partial charge is 0.372 e. The van der Waals surface area contributed by atoms with Gasteiger partial charge in [-0.2, -0.15) is 0 Å². The summed E-state index contributed by atoms with van der Waals surface area (Å²) >= 11 is 5.51. The Morgan fingerprint density at radius 2 is 1.48 bits per heavy atom. The molecular formula is C25H32N4OS. The van der Waals surface area contributed by atoms with Gasteiger partial charge < -0.3 is 20.4 Å². The van der Waals surface area contributed by atoms with Crippen LogP contribution in [0.5, 0.6) is 0 Å². The van der Waals surface area contributed by atoms with Crippen LogP contribution in [-0.4, -0.2) is 42.1 Å². The summed E-state index contributed by atoms with van der Waals surface area (Å²) in [6.07, 6.45) is 5.99. The molecule has 2 heterocycles. The second-order valence-corrected chi connectivity index (χ2v) is 8.94. The Bertz CT molecular complexity index is 885. The van der Waals surface area contributed by atoms with Crippen molar-refractivity contribution in [3.8, 4) is 0 Å². The number of carbonyl (C=O) groups excluding carboxylic acids is 1. The quantitative estimate of drug-likeness (QED) is 0.649. The van der Waals surface area contributed by atoms with Crippen LogP contribution in [0.4, 0.5) is 11.4 Å². The van der Waals surface area contributed by atoms with Gasteiger partial charge >= 0.3 is 0 Å². The summed E-state index contributed by atoms with van der Waals surface area (Å²) in [4.78, 5) is 17.0. The maximum atomic E-state index is 12.6. The average Bonchev–Trinajstić information content (AvgIpc) is 3.35. The molecule has 6 heteroatoms. The third-order valence-corrected chi connectivity index (χ3v) is 6.46. The number of nitrogens with one attached hydrogen (secondary N) is 2. The van der Waals surface area contributed by atoms with Crippen molar-refractivity contribution in [1.29, 1.82) is 0 Å².